The molecule has 0 saturated carbocycles. The van der Waals surface area contributed by atoms with Crippen molar-refractivity contribution < 1.29 is 26.0 Å². The molecule has 2 aromatic carbocycles. The lowest BCUT2D eigenvalue weighted by atomic mass is 9.86. The zero-order valence-electron chi connectivity index (χ0n) is 13.8. The van der Waals surface area contributed by atoms with E-state index in [9.17, 15) is 26.0 Å². The standard InChI is InChI=1S/C17H17F4NO2S/c1-16(2,3)14-8-7-12(10-15(14)18)22-25(23,24)13-6-4-5-11(9-13)17(19,20)21/h4-10,22H,1-3H3. The molecule has 0 aromatic heterocycles. The topological polar surface area (TPSA) is 46.2 Å². The Bertz CT molecular complexity index is 884. The molecular weight excluding hydrogens is 358 g/mol. The van der Waals surface area contributed by atoms with Crippen LogP contribution in [0.2, 0.25) is 0 Å². The lowest BCUT2D eigenvalue weighted by Crippen LogP contribution is -2.16. The van der Waals surface area contributed by atoms with E-state index in [1.54, 1.807) is 20.8 Å². The third-order valence-corrected chi connectivity index (χ3v) is 4.88. The van der Waals surface area contributed by atoms with Crippen LogP contribution in [-0.2, 0) is 21.6 Å². The molecule has 3 nitrogen and oxygen atoms in total. The van der Waals surface area contributed by atoms with Crippen LogP contribution >= 0.6 is 0 Å². The minimum absolute atomic E-state index is 0.0667. The van der Waals surface area contributed by atoms with Gasteiger partial charge in [0, 0.05) is 0 Å². The lowest BCUT2D eigenvalue weighted by molar-refractivity contribution is -0.137. The molecule has 25 heavy (non-hydrogen) atoms. The van der Waals surface area contributed by atoms with E-state index in [1.165, 1.54) is 12.1 Å². The molecule has 0 aliphatic carbocycles. The fourth-order valence-corrected chi connectivity index (χ4v) is 3.34. The lowest BCUT2D eigenvalue weighted by Gasteiger charge is -2.20. The van der Waals surface area contributed by atoms with Gasteiger partial charge in [0.1, 0.15) is 5.82 Å². The Hall–Kier alpha value is -2.09. The van der Waals surface area contributed by atoms with Crippen LogP contribution in [0.3, 0.4) is 0 Å². The van der Waals surface area contributed by atoms with Gasteiger partial charge in [0.05, 0.1) is 16.1 Å². The summed E-state index contributed by atoms with van der Waals surface area (Å²) < 4.78 is 79.0. The van der Waals surface area contributed by atoms with Crippen molar-refractivity contribution in [3.63, 3.8) is 0 Å². The predicted octanol–water partition coefficient (Wildman–Crippen LogP) is 4.94. The average Bonchev–Trinajstić information content (AvgIpc) is 2.44. The van der Waals surface area contributed by atoms with Crippen molar-refractivity contribution in [3.05, 3.63) is 59.4 Å². The number of alkyl halides is 3. The Labute approximate surface area is 143 Å². The molecule has 0 heterocycles. The Morgan fingerprint density at radius 2 is 1.60 bits per heavy atom. The third-order valence-electron chi connectivity index (χ3n) is 3.50. The number of rotatable bonds is 3. The number of anilines is 1. The van der Waals surface area contributed by atoms with Gasteiger partial charge in [-0.25, -0.2) is 12.8 Å². The van der Waals surface area contributed by atoms with Gasteiger partial charge in [0.15, 0.2) is 0 Å². The number of sulfonamides is 1. The SMILES string of the molecule is CC(C)(C)c1ccc(NS(=O)(=O)c2cccc(C(F)(F)F)c2)cc1F. The molecule has 0 bridgehead atoms. The zero-order valence-corrected chi connectivity index (χ0v) is 14.6. The molecule has 1 N–H and O–H groups in total. The Morgan fingerprint density at radius 3 is 2.12 bits per heavy atom. The summed E-state index contributed by atoms with van der Waals surface area (Å²) in [4.78, 5) is -0.553. The van der Waals surface area contributed by atoms with Crippen LogP contribution in [0.4, 0.5) is 23.2 Å². The second-order valence-corrected chi connectivity index (χ2v) is 8.26. The highest BCUT2D eigenvalue weighted by Crippen LogP contribution is 2.31. The minimum atomic E-state index is -4.66. The molecule has 0 aliphatic heterocycles. The van der Waals surface area contributed by atoms with Gasteiger partial charge in [-0.2, -0.15) is 13.2 Å². The molecule has 8 heteroatoms. The smallest absolute Gasteiger partial charge is 0.280 e. The second kappa shape index (κ2) is 6.33. The summed E-state index contributed by atoms with van der Waals surface area (Å²) in [7, 11) is -4.28. The molecule has 0 fully saturated rings. The highest BCUT2D eigenvalue weighted by molar-refractivity contribution is 7.92. The Kier molecular flexibility index (Phi) is 4.87. The van der Waals surface area contributed by atoms with Crippen LogP contribution in [0.1, 0.15) is 31.9 Å². The van der Waals surface area contributed by atoms with Gasteiger partial charge in [-0.1, -0.05) is 32.9 Å². The van der Waals surface area contributed by atoms with Crippen molar-refractivity contribution in [2.75, 3.05) is 4.72 Å². The van der Waals surface area contributed by atoms with Crippen molar-refractivity contribution in [2.45, 2.75) is 37.3 Å². The van der Waals surface area contributed by atoms with E-state index >= 15 is 0 Å². The number of benzene rings is 2. The number of hydrogen-bond acceptors (Lipinski definition) is 2. The number of halogens is 4. The molecule has 2 rings (SSSR count). The first-order valence-electron chi connectivity index (χ1n) is 7.31. The van der Waals surface area contributed by atoms with E-state index in [0.717, 1.165) is 24.3 Å². The summed E-state index contributed by atoms with van der Waals surface area (Å²) in [6, 6.07) is 7.16. The van der Waals surface area contributed by atoms with Crippen molar-refractivity contribution >= 4 is 15.7 Å². The summed E-state index contributed by atoms with van der Waals surface area (Å²) >= 11 is 0. The normalized spacial score (nSPS) is 12.9. The van der Waals surface area contributed by atoms with Gasteiger partial charge >= 0.3 is 6.18 Å². The van der Waals surface area contributed by atoms with Gasteiger partial charge in [-0.15, -0.1) is 0 Å². The van der Waals surface area contributed by atoms with E-state index in [1.807, 2.05) is 0 Å². The molecule has 0 saturated heterocycles. The van der Waals surface area contributed by atoms with E-state index < -0.39 is 37.9 Å². The monoisotopic (exact) mass is 375 g/mol. The van der Waals surface area contributed by atoms with Crippen LogP contribution < -0.4 is 4.72 Å². The van der Waals surface area contributed by atoms with E-state index in [4.69, 9.17) is 0 Å². The highest BCUT2D eigenvalue weighted by Gasteiger charge is 2.31. The maximum Gasteiger partial charge on any atom is 0.416 e. The Balaban J connectivity index is 2.35. The van der Waals surface area contributed by atoms with Crippen LogP contribution in [0.5, 0.6) is 0 Å². The van der Waals surface area contributed by atoms with Crippen molar-refractivity contribution in [3.8, 4) is 0 Å². The first-order chi connectivity index (χ1) is 11.3. The quantitative estimate of drug-likeness (QED) is 0.772. The van der Waals surface area contributed by atoms with Crippen molar-refractivity contribution in [1.82, 2.24) is 0 Å². The van der Waals surface area contributed by atoms with Gasteiger partial charge in [0.25, 0.3) is 10.0 Å². The van der Waals surface area contributed by atoms with E-state index in [0.29, 0.717) is 11.6 Å². The molecule has 2 aromatic rings. The van der Waals surface area contributed by atoms with E-state index in [2.05, 4.69) is 4.72 Å². The van der Waals surface area contributed by atoms with Crippen molar-refractivity contribution in [1.29, 1.82) is 0 Å². The average molecular weight is 375 g/mol. The Morgan fingerprint density at radius 1 is 0.960 bits per heavy atom. The molecule has 0 spiro atoms. The summed E-state index contributed by atoms with van der Waals surface area (Å²) in [5.74, 6) is -0.600. The number of nitrogens with one attached hydrogen (secondary N) is 1. The molecule has 136 valence electrons. The number of hydrogen-bond donors (Lipinski definition) is 1. The fraction of sp³-hybridized carbons (Fsp3) is 0.294. The maximum absolute atomic E-state index is 14.2. The largest absolute Gasteiger partial charge is 0.416 e. The first kappa shape index (κ1) is 19.2. The summed E-state index contributed by atoms with van der Waals surface area (Å²) in [5.41, 5.74) is -1.22. The van der Waals surface area contributed by atoms with Crippen molar-refractivity contribution in [2.24, 2.45) is 0 Å². The van der Waals surface area contributed by atoms with Crippen LogP contribution in [0.25, 0.3) is 0 Å². The molecular formula is C17H17F4NO2S. The molecule has 0 aliphatic rings. The van der Waals surface area contributed by atoms with Crippen LogP contribution in [-0.4, -0.2) is 8.42 Å². The van der Waals surface area contributed by atoms with Gasteiger partial charge in [-0.05, 0) is 41.3 Å². The molecule has 0 amide bonds. The summed E-state index contributed by atoms with van der Waals surface area (Å²) in [6.45, 7) is 5.41. The highest BCUT2D eigenvalue weighted by atomic mass is 32.2. The third kappa shape index (κ3) is 4.50. The summed E-state index contributed by atoms with van der Waals surface area (Å²) in [5, 5.41) is 0. The van der Waals surface area contributed by atoms with Gasteiger partial charge in [-0.3, -0.25) is 4.72 Å². The maximum atomic E-state index is 14.2. The molecule has 0 unspecified atom stereocenters. The minimum Gasteiger partial charge on any atom is -0.280 e. The first-order valence-corrected chi connectivity index (χ1v) is 8.79. The second-order valence-electron chi connectivity index (χ2n) is 6.58. The van der Waals surface area contributed by atoms with Crippen LogP contribution in [0.15, 0.2) is 47.4 Å². The van der Waals surface area contributed by atoms with E-state index in [-0.39, 0.29) is 5.69 Å². The predicted molar refractivity (Wildman–Crippen MR) is 87.4 cm³/mol. The van der Waals surface area contributed by atoms with Gasteiger partial charge in [0.2, 0.25) is 0 Å². The van der Waals surface area contributed by atoms with Gasteiger partial charge < -0.3 is 0 Å². The van der Waals surface area contributed by atoms with Crippen LogP contribution in [0, 0.1) is 5.82 Å². The molecule has 0 radical (unpaired) electrons. The summed E-state index contributed by atoms with van der Waals surface area (Å²) in [6.07, 6.45) is -4.66. The molecule has 0 atom stereocenters. The fourth-order valence-electron chi connectivity index (χ4n) is 2.24. The zero-order chi connectivity index (χ0) is 19.0.